The minimum absolute atomic E-state index is 0.375. The number of nitrogens with one attached hydrogen (secondary N) is 2. The van der Waals surface area contributed by atoms with Gasteiger partial charge in [-0.2, -0.15) is 10.1 Å². The molecule has 3 rings (SSSR count). The van der Waals surface area contributed by atoms with E-state index in [1.54, 1.807) is 6.07 Å². The zero-order valence-corrected chi connectivity index (χ0v) is 10.4. The smallest absolute Gasteiger partial charge is 0.246 e. The highest BCUT2D eigenvalue weighted by Crippen LogP contribution is 2.16. The van der Waals surface area contributed by atoms with Crippen molar-refractivity contribution in [2.24, 2.45) is 0 Å². The first kappa shape index (κ1) is 11.7. The Morgan fingerprint density at radius 1 is 1.37 bits per heavy atom. The third-order valence-electron chi connectivity index (χ3n) is 2.36. The summed E-state index contributed by atoms with van der Waals surface area (Å²) in [6.45, 7) is 0.404. The van der Waals surface area contributed by atoms with E-state index in [0.29, 0.717) is 29.1 Å². The second kappa shape index (κ2) is 5.07. The summed E-state index contributed by atoms with van der Waals surface area (Å²) in [5, 5.41) is 14.0. The summed E-state index contributed by atoms with van der Waals surface area (Å²) in [4.78, 5) is 8.12. The van der Waals surface area contributed by atoms with Crippen LogP contribution in [-0.2, 0) is 6.54 Å². The van der Waals surface area contributed by atoms with Gasteiger partial charge < -0.3 is 9.84 Å². The molecule has 0 spiro atoms. The Bertz CT molecular complexity index is 665. The Labute approximate surface area is 113 Å². The number of aromatic amines is 1. The number of hydrogen-bond donors (Lipinski definition) is 2. The van der Waals surface area contributed by atoms with Crippen LogP contribution in [0.5, 0.6) is 0 Å². The summed E-state index contributed by atoms with van der Waals surface area (Å²) < 4.78 is 5.10. The molecule has 96 valence electrons. The van der Waals surface area contributed by atoms with Gasteiger partial charge in [-0.05, 0) is 18.2 Å². The van der Waals surface area contributed by atoms with Crippen LogP contribution in [0.4, 0.5) is 5.69 Å². The number of halogens is 1. The average Bonchev–Trinajstić information content (AvgIpc) is 3.07. The molecule has 0 unspecified atom stereocenters. The second-order valence-electron chi connectivity index (χ2n) is 3.71. The van der Waals surface area contributed by atoms with Crippen LogP contribution in [0.1, 0.15) is 5.89 Å². The number of H-pyrrole nitrogens is 1. The Balaban J connectivity index is 1.68. The van der Waals surface area contributed by atoms with Gasteiger partial charge in [0.15, 0.2) is 5.82 Å². The minimum atomic E-state index is 0.375. The highest BCUT2D eigenvalue weighted by Gasteiger charge is 2.10. The van der Waals surface area contributed by atoms with E-state index in [-0.39, 0.29) is 0 Å². The van der Waals surface area contributed by atoms with Gasteiger partial charge in [-0.25, -0.2) is 4.98 Å². The highest BCUT2D eigenvalue weighted by atomic mass is 35.5. The van der Waals surface area contributed by atoms with Crippen LogP contribution in [0.2, 0.25) is 5.02 Å². The zero-order chi connectivity index (χ0) is 13.1. The van der Waals surface area contributed by atoms with Gasteiger partial charge in [0.05, 0.1) is 6.54 Å². The van der Waals surface area contributed by atoms with Crippen LogP contribution in [0.25, 0.3) is 11.6 Å². The molecule has 19 heavy (non-hydrogen) atoms. The zero-order valence-electron chi connectivity index (χ0n) is 9.67. The van der Waals surface area contributed by atoms with Crippen molar-refractivity contribution in [2.45, 2.75) is 6.54 Å². The van der Waals surface area contributed by atoms with Crippen molar-refractivity contribution < 1.29 is 4.52 Å². The second-order valence-corrected chi connectivity index (χ2v) is 4.15. The maximum absolute atomic E-state index is 5.89. The molecule has 0 aliphatic rings. The summed E-state index contributed by atoms with van der Waals surface area (Å²) in [7, 11) is 0. The molecular formula is C11H9ClN6O. The van der Waals surface area contributed by atoms with Crippen molar-refractivity contribution in [2.75, 3.05) is 5.32 Å². The van der Waals surface area contributed by atoms with Crippen LogP contribution >= 0.6 is 11.6 Å². The molecule has 0 atom stereocenters. The summed E-state index contributed by atoms with van der Waals surface area (Å²) in [5.74, 6) is 1.30. The van der Waals surface area contributed by atoms with Gasteiger partial charge in [0.2, 0.25) is 11.7 Å². The quantitative estimate of drug-likeness (QED) is 0.758. The van der Waals surface area contributed by atoms with Gasteiger partial charge in [-0.3, -0.25) is 5.10 Å². The van der Waals surface area contributed by atoms with E-state index in [1.165, 1.54) is 6.33 Å². The molecule has 2 aromatic heterocycles. The maximum atomic E-state index is 5.89. The maximum Gasteiger partial charge on any atom is 0.246 e. The Morgan fingerprint density at radius 2 is 2.32 bits per heavy atom. The summed E-state index contributed by atoms with van der Waals surface area (Å²) in [6.07, 6.45) is 1.38. The number of hydrogen-bond acceptors (Lipinski definition) is 6. The molecule has 0 bridgehead atoms. The van der Waals surface area contributed by atoms with Crippen molar-refractivity contribution in [3.8, 4) is 11.6 Å². The van der Waals surface area contributed by atoms with E-state index in [1.807, 2.05) is 18.2 Å². The number of anilines is 1. The van der Waals surface area contributed by atoms with E-state index in [9.17, 15) is 0 Å². The fourth-order valence-electron chi connectivity index (χ4n) is 1.51. The van der Waals surface area contributed by atoms with Gasteiger partial charge in [0.1, 0.15) is 6.33 Å². The lowest BCUT2D eigenvalue weighted by atomic mass is 10.3. The SMILES string of the molecule is Clc1cccc(NCc2nc(-c3ncn[nH]3)no2)c1. The summed E-state index contributed by atoms with van der Waals surface area (Å²) in [5.41, 5.74) is 0.881. The van der Waals surface area contributed by atoms with Crippen LogP contribution < -0.4 is 5.32 Å². The van der Waals surface area contributed by atoms with E-state index >= 15 is 0 Å². The molecule has 0 aliphatic heterocycles. The molecule has 0 aliphatic carbocycles. The van der Waals surface area contributed by atoms with Gasteiger partial charge >= 0.3 is 0 Å². The lowest BCUT2D eigenvalue weighted by Gasteiger charge is -2.02. The average molecular weight is 277 g/mol. The lowest BCUT2D eigenvalue weighted by molar-refractivity contribution is 0.384. The molecule has 0 saturated heterocycles. The fraction of sp³-hybridized carbons (Fsp3) is 0.0909. The minimum Gasteiger partial charge on any atom is -0.376 e. The molecule has 0 saturated carbocycles. The summed E-state index contributed by atoms with van der Waals surface area (Å²) in [6, 6.07) is 7.38. The van der Waals surface area contributed by atoms with Crippen molar-refractivity contribution >= 4 is 17.3 Å². The lowest BCUT2D eigenvalue weighted by Crippen LogP contribution is -1.99. The standard InChI is InChI=1S/C11H9ClN6O/c12-7-2-1-3-8(4-7)13-5-9-16-11(18-19-9)10-14-6-15-17-10/h1-4,6,13H,5H2,(H,14,15,17). The highest BCUT2D eigenvalue weighted by molar-refractivity contribution is 6.30. The largest absolute Gasteiger partial charge is 0.376 e. The number of nitrogens with zero attached hydrogens (tertiary/aromatic N) is 4. The van der Waals surface area contributed by atoms with Crippen molar-refractivity contribution in [3.05, 3.63) is 41.5 Å². The molecule has 7 nitrogen and oxygen atoms in total. The third-order valence-corrected chi connectivity index (χ3v) is 2.60. The topological polar surface area (TPSA) is 92.5 Å². The molecule has 2 N–H and O–H groups in total. The van der Waals surface area contributed by atoms with Gasteiger partial charge in [-0.15, -0.1) is 0 Å². The van der Waals surface area contributed by atoms with E-state index in [2.05, 4.69) is 30.6 Å². The molecule has 0 radical (unpaired) electrons. The first-order valence-electron chi connectivity index (χ1n) is 5.49. The van der Waals surface area contributed by atoms with Crippen molar-refractivity contribution in [1.82, 2.24) is 25.3 Å². The van der Waals surface area contributed by atoms with Crippen LogP contribution in [-0.4, -0.2) is 25.3 Å². The van der Waals surface area contributed by atoms with Gasteiger partial charge in [0, 0.05) is 10.7 Å². The van der Waals surface area contributed by atoms with Crippen molar-refractivity contribution in [3.63, 3.8) is 0 Å². The molecule has 3 aromatic rings. The molecule has 0 fully saturated rings. The Kier molecular flexibility index (Phi) is 3.11. The van der Waals surface area contributed by atoms with Gasteiger partial charge in [-0.1, -0.05) is 22.8 Å². The van der Waals surface area contributed by atoms with Gasteiger partial charge in [0.25, 0.3) is 0 Å². The Hall–Kier alpha value is -2.41. The molecule has 2 heterocycles. The van der Waals surface area contributed by atoms with Crippen LogP contribution in [0, 0.1) is 0 Å². The van der Waals surface area contributed by atoms with Crippen molar-refractivity contribution in [1.29, 1.82) is 0 Å². The first-order chi connectivity index (χ1) is 9.31. The monoisotopic (exact) mass is 276 g/mol. The normalized spacial score (nSPS) is 10.6. The number of rotatable bonds is 4. The molecule has 8 heteroatoms. The Morgan fingerprint density at radius 3 is 3.11 bits per heavy atom. The van der Waals surface area contributed by atoms with E-state index in [0.717, 1.165) is 5.69 Å². The number of benzene rings is 1. The van der Waals surface area contributed by atoms with Crippen LogP contribution in [0.15, 0.2) is 35.1 Å². The molecular weight excluding hydrogens is 268 g/mol. The number of aromatic nitrogens is 5. The van der Waals surface area contributed by atoms with E-state index in [4.69, 9.17) is 16.1 Å². The van der Waals surface area contributed by atoms with Crippen LogP contribution in [0.3, 0.4) is 0 Å². The molecule has 0 amide bonds. The predicted octanol–water partition coefficient (Wildman–Crippen LogP) is 2.12. The van der Waals surface area contributed by atoms with E-state index < -0.39 is 0 Å². The first-order valence-corrected chi connectivity index (χ1v) is 5.87. The third kappa shape index (κ3) is 2.71. The predicted molar refractivity (Wildman–Crippen MR) is 68.5 cm³/mol. The molecule has 1 aromatic carbocycles. The summed E-state index contributed by atoms with van der Waals surface area (Å²) >= 11 is 5.89. The fourth-order valence-corrected chi connectivity index (χ4v) is 1.70.